The van der Waals surface area contributed by atoms with Gasteiger partial charge in [-0.1, -0.05) is 0 Å². The fourth-order valence-corrected chi connectivity index (χ4v) is 4.01. The van der Waals surface area contributed by atoms with Crippen molar-refractivity contribution in [3.63, 3.8) is 0 Å². The van der Waals surface area contributed by atoms with Crippen molar-refractivity contribution in [2.75, 3.05) is 19.6 Å². The van der Waals surface area contributed by atoms with Crippen LogP contribution in [0.25, 0.3) is 0 Å². The molecule has 0 unspecified atom stereocenters. The fourth-order valence-electron chi connectivity index (χ4n) is 3.49. The lowest BCUT2D eigenvalue weighted by Crippen LogP contribution is -2.43. The van der Waals surface area contributed by atoms with E-state index in [1.54, 1.807) is 12.1 Å². The van der Waals surface area contributed by atoms with E-state index < -0.39 is 10.0 Å². The summed E-state index contributed by atoms with van der Waals surface area (Å²) in [6.45, 7) is 7.10. The van der Waals surface area contributed by atoms with Crippen molar-refractivity contribution in [1.82, 2.24) is 15.2 Å². The lowest BCUT2D eigenvalue weighted by Gasteiger charge is -2.35. The molecule has 1 aliphatic heterocycles. The van der Waals surface area contributed by atoms with E-state index in [0.29, 0.717) is 30.0 Å². The predicted octanol–water partition coefficient (Wildman–Crippen LogP) is 2.37. The highest BCUT2D eigenvalue weighted by Crippen LogP contribution is 2.23. The van der Waals surface area contributed by atoms with Gasteiger partial charge in [-0.25, -0.2) is 13.6 Å². The van der Waals surface area contributed by atoms with E-state index in [1.807, 2.05) is 0 Å². The van der Waals surface area contributed by atoms with E-state index in [0.717, 1.165) is 25.9 Å². The number of sulfonamides is 1. The van der Waals surface area contributed by atoms with Crippen LogP contribution in [0.3, 0.4) is 0 Å². The number of ether oxygens (including phenoxy) is 1. The molecule has 1 aliphatic rings. The zero-order valence-corrected chi connectivity index (χ0v) is 18.1. The van der Waals surface area contributed by atoms with Crippen molar-refractivity contribution in [3.05, 3.63) is 48.3 Å². The summed E-state index contributed by atoms with van der Waals surface area (Å²) in [6.07, 6.45) is 3.75. The summed E-state index contributed by atoms with van der Waals surface area (Å²) in [6, 6.07) is 9.44. The summed E-state index contributed by atoms with van der Waals surface area (Å²) in [4.78, 5) is 19.1. The van der Waals surface area contributed by atoms with Gasteiger partial charge in [0.05, 0.1) is 4.90 Å². The number of rotatable bonds is 7. The Labute approximate surface area is 177 Å². The first-order valence-corrected chi connectivity index (χ1v) is 11.6. The zero-order valence-electron chi connectivity index (χ0n) is 17.2. The minimum atomic E-state index is -3.76. The summed E-state index contributed by atoms with van der Waals surface area (Å²) < 4.78 is 28.4. The minimum Gasteiger partial charge on any atom is -0.457 e. The number of carbonyl (C=O) groups excluding carboxylic acids is 1. The molecule has 1 amide bonds. The Morgan fingerprint density at radius 1 is 1.27 bits per heavy atom. The van der Waals surface area contributed by atoms with Gasteiger partial charge >= 0.3 is 0 Å². The molecule has 30 heavy (non-hydrogen) atoms. The first-order valence-electron chi connectivity index (χ1n) is 10.0. The second-order valence-corrected chi connectivity index (χ2v) is 9.36. The van der Waals surface area contributed by atoms with Crippen LogP contribution in [0.4, 0.5) is 0 Å². The molecular formula is C21H28N4O4S. The van der Waals surface area contributed by atoms with E-state index in [9.17, 15) is 13.2 Å². The van der Waals surface area contributed by atoms with Gasteiger partial charge in [0.1, 0.15) is 17.2 Å². The van der Waals surface area contributed by atoms with Gasteiger partial charge < -0.3 is 15.0 Å². The number of hydrogen-bond donors (Lipinski definition) is 2. The summed E-state index contributed by atoms with van der Waals surface area (Å²) in [5, 5.41) is 8.07. The van der Waals surface area contributed by atoms with E-state index in [-0.39, 0.29) is 16.5 Å². The number of nitrogens with one attached hydrogen (secondary N) is 1. The van der Waals surface area contributed by atoms with Crippen molar-refractivity contribution in [2.24, 2.45) is 11.1 Å². The summed E-state index contributed by atoms with van der Waals surface area (Å²) in [5.74, 6) is 1.05. The van der Waals surface area contributed by atoms with Crippen molar-refractivity contribution in [2.45, 2.75) is 37.6 Å². The summed E-state index contributed by atoms with van der Waals surface area (Å²) in [7, 11) is -3.76. The highest BCUT2D eigenvalue weighted by molar-refractivity contribution is 7.89. The molecule has 2 heterocycles. The lowest BCUT2D eigenvalue weighted by atomic mass is 9.97. The molecule has 1 fully saturated rings. The van der Waals surface area contributed by atoms with Crippen molar-refractivity contribution in [1.29, 1.82) is 0 Å². The summed E-state index contributed by atoms with van der Waals surface area (Å²) >= 11 is 0. The molecule has 3 rings (SSSR count). The maximum Gasteiger partial charge on any atom is 0.270 e. The number of benzene rings is 1. The van der Waals surface area contributed by atoms with Gasteiger partial charge in [0, 0.05) is 31.4 Å². The second-order valence-electron chi connectivity index (χ2n) is 7.80. The summed E-state index contributed by atoms with van der Waals surface area (Å²) in [5.41, 5.74) is 0.269. The van der Waals surface area contributed by atoms with E-state index in [1.165, 1.54) is 30.5 Å². The van der Waals surface area contributed by atoms with Crippen molar-refractivity contribution in [3.8, 4) is 11.5 Å². The number of piperidine rings is 1. The molecule has 0 spiro atoms. The fraction of sp³-hybridized carbons (Fsp3) is 0.429. The molecule has 1 atom stereocenters. The molecule has 162 valence electrons. The standard InChI is InChI=1S/C21H28N4O4S/c1-15(2)25-11-3-4-16(14-25)13-24-21(26)20-12-18(9-10-23-20)29-17-5-7-19(8-6-17)30(22,27)28/h5-10,12,15-16H,3-4,11,13-14H2,1-2H3,(H,24,26)(H2,22,27,28)/t16-/m1/s1. The molecule has 0 bridgehead atoms. The topological polar surface area (TPSA) is 115 Å². The van der Waals surface area contributed by atoms with Gasteiger partial charge in [0.2, 0.25) is 10.0 Å². The van der Waals surface area contributed by atoms with Gasteiger partial charge in [-0.3, -0.25) is 9.78 Å². The molecular weight excluding hydrogens is 404 g/mol. The largest absolute Gasteiger partial charge is 0.457 e. The smallest absolute Gasteiger partial charge is 0.270 e. The van der Waals surface area contributed by atoms with Crippen LogP contribution in [0.5, 0.6) is 11.5 Å². The monoisotopic (exact) mass is 432 g/mol. The van der Waals surface area contributed by atoms with Gasteiger partial charge in [-0.15, -0.1) is 0 Å². The Balaban J connectivity index is 1.58. The maximum atomic E-state index is 12.5. The van der Waals surface area contributed by atoms with Crippen LogP contribution in [-0.2, 0) is 10.0 Å². The number of hydrogen-bond acceptors (Lipinski definition) is 6. The predicted molar refractivity (Wildman–Crippen MR) is 114 cm³/mol. The van der Waals surface area contributed by atoms with Gasteiger partial charge in [0.25, 0.3) is 5.91 Å². The first-order chi connectivity index (χ1) is 14.2. The molecule has 1 saturated heterocycles. The van der Waals surface area contributed by atoms with E-state index in [2.05, 4.69) is 29.0 Å². The number of primary sulfonamides is 1. The number of carbonyl (C=O) groups is 1. The Hall–Kier alpha value is -2.49. The van der Waals surface area contributed by atoms with Crippen molar-refractivity contribution < 1.29 is 17.9 Å². The number of pyridine rings is 1. The molecule has 0 radical (unpaired) electrons. The molecule has 0 aliphatic carbocycles. The highest BCUT2D eigenvalue weighted by atomic mass is 32.2. The van der Waals surface area contributed by atoms with E-state index in [4.69, 9.17) is 9.88 Å². The SMILES string of the molecule is CC(C)N1CCC[C@H](CNC(=O)c2cc(Oc3ccc(S(N)(=O)=O)cc3)ccn2)C1. The van der Waals surface area contributed by atoms with Crippen LogP contribution in [0, 0.1) is 5.92 Å². The average Bonchev–Trinajstić information content (AvgIpc) is 2.72. The van der Waals surface area contributed by atoms with E-state index >= 15 is 0 Å². The Bertz CT molecular complexity index is 977. The molecule has 1 aromatic carbocycles. The molecule has 8 nitrogen and oxygen atoms in total. The van der Waals surface area contributed by atoms with Crippen LogP contribution in [-0.4, -0.2) is 49.9 Å². The third-order valence-electron chi connectivity index (χ3n) is 5.18. The second kappa shape index (κ2) is 9.55. The van der Waals surface area contributed by atoms with Crippen LogP contribution < -0.4 is 15.2 Å². The number of aromatic nitrogens is 1. The molecule has 1 aromatic heterocycles. The van der Waals surface area contributed by atoms with Crippen LogP contribution in [0.15, 0.2) is 47.5 Å². The van der Waals surface area contributed by atoms with Crippen LogP contribution in [0.1, 0.15) is 37.2 Å². The van der Waals surface area contributed by atoms with Gasteiger partial charge in [-0.2, -0.15) is 0 Å². The molecule has 0 saturated carbocycles. The first kappa shape index (κ1) is 22.2. The number of amides is 1. The molecule has 3 N–H and O–H groups in total. The lowest BCUT2D eigenvalue weighted by molar-refractivity contribution is 0.0917. The molecule has 9 heteroatoms. The van der Waals surface area contributed by atoms with Crippen molar-refractivity contribution >= 4 is 15.9 Å². The number of nitrogens with zero attached hydrogens (tertiary/aromatic N) is 2. The van der Waals surface area contributed by atoms with Gasteiger partial charge in [0.15, 0.2) is 0 Å². The highest BCUT2D eigenvalue weighted by Gasteiger charge is 2.22. The molecule has 2 aromatic rings. The Morgan fingerprint density at radius 2 is 2.00 bits per heavy atom. The third-order valence-corrected chi connectivity index (χ3v) is 6.11. The number of likely N-dealkylation sites (tertiary alicyclic amines) is 1. The zero-order chi connectivity index (χ0) is 21.7. The number of nitrogens with two attached hydrogens (primary N) is 1. The average molecular weight is 433 g/mol. The van der Waals surface area contributed by atoms with Crippen LogP contribution >= 0.6 is 0 Å². The quantitative estimate of drug-likeness (QED) is 0.694. The Kier molecular flexibility index (Phi) is 7.06. The van der Waals surface area contributed by atoms with Gasteiger partial charge in [-0.05, 0) is 69.5 Å². The Morgan fingerprint density at radius 3 is 2.67 bits per heavy atom. The maximum absolute atomic E-state index is 12.5. The van der Waals surface area contributed by atoms with Crippen LogP contribution in [0.2, 0.25) is 0 Å². The minimum absolute atomic E-state index is 0.00314. The normalized spacial score (nSPS) is 17.7. The third kappa shape index (κ3) is 6.01.